The Morgan fingerprint density at radius 2 is 1.63 bits per heavy atom. The molecule has 1 aliphatic rings. The Morgan fingerprint density at radius 3 is 2.24 bits per heavy atom. The molecule has 0 saturated heterocycles. The molecule has 4 heterocycles. The van der Waals surface area contributed by atoms with Gasteiger partial charge in [0.15, 0.2) is 17.3 Å². The van der Waals surface area contributed by atoms with Crippen LogP contribution in [0.2, 0.25) is 0 Å². The first-order valence-electron chi connectivity index (χ1n) is 15.2. The fourth-order valence-corrected chi connectivity index (χ4v) is 5.43. The van der Waals surface area contributed by atoms with E-state index in [9.17, 15) is 25.2 Å². The number of anilines is 1. The highest BCUT2D eigenvalue weighted by molar-refractivity contribution is 5.87. The average molecular weight is 672 g/mol. The van der Waals surface area contributed by atoms with Crippen molar-refractivity contribution in [1.82, 2.24) is 39.7 Å². The summed E-state index contributed by atoms with van der Waals surface area (Å²) in [5.74, 6) is -3.29. The number of carbonyl (C=O) groups is 1. The Balaban J connectivity index is 1.19. The van der Waals surface area contributed by atoms with Crippen molar-refractivity contribution in [3.8, 4) is 40.4 Å². The topological polar surface area (TPSA) is 224 Å². The minimum absolute atomic E-state index is 0.0711. The zero-order valence-electron chi connectivity index (χ0n) is 26.5. The van der Waals surface area contributed by atoms with Gasteiger partial charge in [-0.2, -0.15) is 10.1 Å². The molecule has 1 fully saturated rings. The Morgan fingerprint density at radius 1 is 0.918 bits per heavy atom. The second-order valence-electron chi connectivity index (χ2n) is 11.3. The highest BCUT2D eigenvalue weighted by atomic mass is 16.7. The predicted molar refractivity (Wildman–Crippen MR) is 170 cm³/mol. The molecule has 0 aliphatic heterocycles. The Labute approximate surface area is 279 Å². The molecule has 0 bridgehead atoms. The van der Waals surface area contributed by atoms with Gasteiger partial charge in [0.1, 0.15) is 18.4 Å². The van der Waals surface area contributed by atoms with Crippen LogP contribution in [0.5, 0.6) is 17.8 Å². The van der Waals surface area contributed by atoms with Crippen molar-refractivity contribution in [2.24, 2.45) is 7.05 Å². The zero-order chi connectivity index (χ0) is 34.5. The summed E-state index contributed by atoms with van der Waals surface area (Å²) in [6.07, 6.45) is 9.46. The third kappa shape index (κ3) is 7.69. The first kappa shape index (κ1) is 33.1. The van der Waals surface area contributed by atoms with Crippen LogP contribution in [-0.4, -0.2) is 85.5 Å². The van der Waals surface area contributed by atoms with Gasteiger partial charge < -0.3 is 34.6 Å². The minimum Gasteiger partial charge on any atom is -0.504 e. The van der Waals surface area contributed by atoms with Crippen molar-refractivity contribution in [1.29, 1.82) is 0 Å². The molecule has 5 aromatic rings. The standard InChI is InChI=1S/C32H33N9O8/c1-40-17-25(42)28(39-40)27-23(32(44,45)46)14-37-30(38-27)49-22-10-8-21(9-11-22)41(31(43)48-18-19-6-4-3-5-7-19)26-16-33-24(15-34-26)20-12-35-29(47-2)36-13-20/h3-7,12-17,21-22,42,44-46H,8-11,18H2,1-2H3. The van der Waals surface area contributed by atoms with Gasteiger partial charge in [-0.15, -0.1) is 0 Å². The van der Waals surface area contributed by atoms with Crippen molar-refractivity contribution in [2.75, 3.05) is 12.0 Å². The largest absolute Gasteiger partial charge is 0.504 e. The van der Waals surface area contributed by atoms with Gasteiger partial charge in [-0.25, -0.2) is 24.7 Å². The van der Waals surface area contributed by atoms with Crippen LogP contribution in [0.3, 0.4) is 0 Å². The van der Waals surface area contributed by atoms with Gasteiger partial charge >= 0.3 is 24.1 Å². The first-order chi connectivity index (χ1) is 23.6. The number of hydrogen-bond donors (Lipinski definition) is 4. The quantitative estimate of drug-likeness (QED) is 0.157. The third-order valence-electron chi connectivity index (χ3n) is 7.84. The lowest BCUT2D eigenvalue weighted by Crippen LogP contribution is -2.44. The molecule has 0 radical (unpaired) electrons. The van der Waals surface area contributed by atoms with Crippen molar-refractivity contribution in [3.63, 3.8) is 0 Å². The van der Waals surface area contributed by atoms with Crippen LogP contribution in [0.25, 0.3) is 22.6 Å². The van der Waals surface area contributed by atoms with Crippen molar-refractivity contribution in [2.45, 2.75) is 50.4 Å². The van der Waals surface area contributed by atoms with Gasteiger partial charge in [0.2, 0.25) is 0 Å². The highest BCUT2D eigenvalue weighted by Crippen LogP contribution is 2.34. The Kier molecular flexibility index (Phi) is 9.56. The molecule has 254 valence electrons. The summed E-state index contributed by atoms with van der Waals surface area (Å²) in [6, 6.07) is 9.12. The van der Waals surface area contributed by atoms with Crippen LogP contribution in [0.4, 0.5) is 10.6 Å². The maximum absolute atomic E-state index is 13.6. The fourth-order valence-electron chi connectivity index (χ4n) is 5.43. The minimum atomic E-state index is -3.29. The molecule has 0 unspecified atom stereocenters. The number of aromatic nitrogens is 8. The van der Waals surface area contributed by atoms with Crippen molar-refractivity contribution < 1.29 is 39.4 Å². The number of amides is 1. The van der Waals surface area contributed by atoms with E-state index in [-0.39, 0.29) is 47.9 Å². The molecule has 6 rings (SSSR count). The number of aromatic hydroxyl groups is 1. The number of nitrogens with zero attached hydrogens (tertiary/aromatic N) is 9. The SMILES string of the molecule is COc1ncc(-c2cnc(N(C(=O)OCc3ccccc3)C3CCC(Oc4ncc(C(O)(O)O)c(-c5nn(C)cc5O)n4)CC3)cn2)cn1. The summed E-state index contributed by atoms with van der Waals surface area (Å²) >= 11 is 0. The fraction of sp³-hybridized carbons (Fsp3) is 0.312. The summed E-state index contributed by atoms with van der Waals surface area (Å²) in [5.41, 5.74) is 1.14. The number of aryl methyl sites for hydroxylation is 1. The van der Waals surface area contributed by atoms with Gasteiger partial charge in [-0.05, 0) is 31.2 Å². The molecule has 1 amide bonds. The molecule has 4 N–H and O–H groups in total. The van der Waals surface area contributed by atoms with Crippen LogP contribution in [0.15, 0.2) is 67.5 Å². The Hall–Kier alpha value is -5.78. The second kappa shape index (κ2) is 14.1. The van der Waals surface area contributed by atoms with Crippen LogP contribution in [0.1, 0.15) is 36.8 Å². The van der Waals surface area contributed by atoms with Gasteiger partial charge in [0.05, 0.1) is 37.0 Å². The Bertz CT molecular complexity index is 1880. The van der Waals surface area contributed by atoms with E-state index >= 15 is 0 Å². The number of aliphatic hydroxyl groups is 3. The maximum atomic E-state index is 13.6. The molecule has 0 spiro atoms. The van der Waals surface area contributed by atoms with Gasteiger partial charge in [0.25, 0.3) is 0 Å². The summed E-state index contributed by atoms with van der Waals surface area (Å²) in [5, 5.41) is 44.0. The molecule has 1 aliphatic carbocycles. The van der Waals surface area contributed by atoms with Crippen molar-refractivity contribution in [3.05, 3.63) is 78.6 Å². The number of benzene rings is 1. The van der Waals surface area contributed by atoms with E-state index in [1.54, 1.807) is 19.4 Å². The van der Waals surface area contributed by atoms with E-state index in [1.165, 1.54) is 35.3 Å². The molecule has 17 nitrogen and oxygen atoms in total. The summed E-state index contributed by atoms with van der Waals surface area (Å²) in [6.45, 7) is 0.0711. The lowest BCUT2D eigenvalue weighted by molar-refractivity contribution is -0.323. The van der Waals surface area contributed by atoms with Gasteiger partial charge in [0, 0.05) is 37.2 Å². The van der Waals surface area contributed by atoms with Crippen LogP contribution in [-0.2, 0) is 24.4 Å². The highest BCUT2D eigenvalue weighted by Gasteiger charge is 2.35. The molecule has 1 aromatic carbocycles. The number of rotatable bonds is 10. The first-order valence-corrected chi connectivity index (χ1v) is 15.2. The normalized spacial score (nSPS) is 16.2. The molecular weight excluding hydrogens is 638 g/mol. The molecule has 4 aromatic heterocycles. The molecule has 0 atom stereocenters. The van der Waals surface area contributed by atoms with Crippen LogP contribution >= 0.6 is 0 Å². The van der Waals surface area contributed by atoms with Gasteiger partial charge in [-0.1, -0.05) is 30.3 Å². The molecular formula is C32H33N9O8. The van der Waals surface area contributed by atoms with E-state index < -0.39 is 17.6 Å². The molecule has 17 heteroatoms. The summed E-state index contributed by atoms with van der Waals surface area (Å²) in [4.78, 5) is 40.6. The summed E-state index contributed by atoms with van der Waals surface area (Å²) in [7, 11) is 3.03. The van der Waals surface area contributed by atoms with E-state index in [0.29, 0.717) is 42.8 Å². The van der Waals surface area contributed by atoms with E-state index in [1.807, 2.05) is 30.3 Å². The zero-order valence-corrected chi connectivity index (χ0v) is 26.5. The molecule has 1 saturated carbocycles. The summed E-state index contributed by atoms with van der Waals surface area (Å²) < 4.78 is 18.1. The van der Waals surface area contributed by atoms with E-state index in [4.69, 9.17) is 14.2 Å². The number of methoxy groups -OCH3 is 1. The smallest absolute Gasteiger partial charge is 0.416 e. The van der Waals surface area contributed by atoms with Gasteiger partial charge in [-0.3, -0.25) is 14.6 Å². The average Bonchev–Trinajstić information content (AvgIpc) is 3.45. The van der Waals surface area contributed by atoms with E-state index in [2.05, 4.69) is 35.0 Å². The van der Waals surface area contributed by atoms with Crippen molar-refractivity contribution >= 4 is 11.9 Å². The van der Waals surface area contributed by atoms with E-state index in [0.717, 1.165) is 11.8 Å². The number of ether oxygens (including phenoxy) is 3. The number of carbonyl (C=O) groups excluding carboxylic acids is 1. The molecule has 49 heavy (non-hydrogen) atoms. The predicted octanol–water partition coefficient (Wildman–Crippen LogP) is 2.46. The monoisotopic (exact) mass is 671 g/mol. The third-order valence-corrected chi connectivity index (χ3v) is 7.84. The van der Waals surface area contributed by atoms with Crippen LogP contribution < -0.4 is 14.4 Å². The van der Waals surface area contributed by atoms with Crippen LogP contribution in [0, 0.1) is 0 Å². The lowest BCUT2D eigenvalue weighted by Gasteiger charge is -2.35. The second-order valence-corrected chi connectivity index (χ2v) is 11.3. The number of hydrogen-bond acceptors (Lipinski definition) is 15. The maximum Gasteiger partial charge on any atom is 0.416 e. The lowest BCUT2D eigenvalue weighted by atomic mass is 9.92.